The van der Waals surface area contributed by atoms with E-state index >= 15 is 0 Å². The predicted octanol–water partition coefficient (Wildman–Crippen LogP) is 5.72. The monoisotopic (exact) mass is 421 g/mol. The molecule has 164 valence electrons. The highest BCUT2D eigenvalue weighted by atomic mass is 19.4. The SMILES string of the molecule is COc1ccc(CNCCC2(c3cccc(C(F)(F)F)c3)CCOC(C)(C)C2)cc1. The summed E-state index contributed by atoms with van der Waals surface area (Å²) in [5.41, 5.74) is 0.573. The molecule has 2 aromatic carbocycles. The summed E-state index contributed by atoms with van der Waals surface area (Å²) in [5.74, 6) is 0.812. The molecule has 1 fully saturated rings. The summed E-state index contributed by atoms with van der Waals surface area (Å²) in [6.45, 7) is 5.97. The van der Waals surface area contributed by atoms with Gasteiger partial charge in [-0.1, -0.05) is 30.3 Å². The molecule has 1 aliphatic rings. The van der Waals surface area contributed by atoms with Gasteiger partial charge in [-0.3, -0.25) is 0 Å². The first-order chi connectivity index (χ1) is 14.1. The van der Waals surface area contributed by atoms with Crippen molar-refractivity contribution in [3.8, 4) is 5.75 Å². The van der Waals surface area contributed by atoms with E-state index in [9.17, 15) is 13.2 Å². The summed E-state index contributed by atoms with van der Waals surface area (Å²) in [4.78, 5) is 0. The molecule has 1 aliphatic heterocycles. The molecule has 2 aromatic rings. The third kappa shape index (κ3) is 5.55. The molecular formula is C24H30F3NO2. The van der Waals surface area contributed by atoms with Gasteiger partial charge in [-0.25, -0.2) is 0 Å². The summed E-state index contributed by atoms with van der Waals surface area (Å²) in [5, 5.41) is 3.45. The second kappa shape index (κ2) is 8.98. The zero-order valence-corrected chi connectivity index (χ0v) is 17.8. The molecule has 6 heteroatoms. The van der Waals surface area contributed by atoms with Gasteiger partial charge in [0.2, 0.25) is 0 Å². The number of rotatable bonds is 7. The maximum Gasteiger partial charge on any atom is 0.416 e. The van der Waals surface area contributed by atoms with Gasteiger partial charge in [-0.05, 0) is 69.0 Å². The fourth-order valence-electron chi connectivity index (χ4n) is 4.41. The Morgan fingerprint density at radius 2 is 1.83 bits per heavy atom. The third-order valence-corrected chi connectivity index (χ3v) is 5.91. The van der Waals surface area contributed by atoms with Gasteiger partial charge < -0.3 is 14.8 Å². The first kappa shape index (κ1) is 22.6. The van der Waals surface area contributed by atoms with Gasteiger partial charge >= 0.3 is 6.18 Å². The van der Waals surface area contributed by atoms with E-state index in [2.05, 4.69) is 5.32 Å². The lowest BCUT2D eigenvalue weighted by molar-refractivity contribution is -0.137. The Bertz CT molecular complexity index is 833. The average molecular weight is 422 g/mol. The highest BCUT2D eigenvalue weighted by Gasteiger charge is 2.42. The minimum Gasteiger partial charge on any atom is -0.497 e. The van der Waals surface area contributed by atoms with Gasteiger partial charge in [-0.2, -0.15) is 13.2 Å². The molecule has 0 bridgehead atoms. The van der Waals surface area contributed by atoms with Gasteiger partial charge in [0.15, 0.2) is 0 Å². The molecule has 30 heavy (non-hydrogen) atoms. The van der Waals surface area contributed by atoms with Crippen LogP contribution in [0.4, 0.5) is 13.2 Å². The second-order valence-corrected chi connectivity index (χ2v) is 8.67. The molecule has 1 unspecified atom stereocenters. The van der Waals surface area contributed by atoms with E-state index in [-0.39, 0.29) is 11.0 Å². The molecule has 0 radical (unpaired) electrons. The second-order valence-electron chi connectivity index (χ2n) is 8.67. The largest absolute Gasteiger partial charge is 0.497 e. The quantitative estimate of drug-likeness (QED) is 0.580. The van der Waals surface area contributed by atoms with Gasteiger partial charge in [0, 0.05) is 18.6 Å². The van der Waals surface area contributed by atoms with Crippen LogP contribution in [0.5, 0.6) is 5.75 Å². The number of benzene rings is 2. The predicted molar refractivity (Wildman–Crippen MR) is 112 cm³/mol. The lowest BCUT2D eigenvalue weighted by Gasteiger charge is -2.46. The highest BCUT2D eigenvalue weighted by molar-refractivity contribution is 5.33. The minimum atomic E-state index is -4.34. The van der Waals surface area contributed by atoms with Gasteiger partial charge in [0.1, 0.15) is 5.75 Å². The van der Waals surface area contributed by atoms with Crippen LogP contribution in [0.3, 0.4) is 0 Å². The topological polar surface area (TPSA) is 30.5 Å². The van der Waals surface area contributed by atoms with Crippen molar-refractivity contribution in [2.24, 2.45) is 0 Å². The zero-order chi connectivity index (χ0) is 21.8. The Hall–Kier alpha value is -2.05. The highest BCUT2D eigenvalue weighted by Crippen LogP contribution is 2.45. The van der Waals surface area contributed by atoms with Crippen LogP contribution in [0.25, 0.3) is 0 Å². The van der Waals surface area contributed by atoms with Crippen LogP contribution in [0.1, 0.15) is 49.8 Å². The van der Waals surface area contributed by atoms with Crippen molar-refractivity contribution in [2.75, 3.05) is 20.3 Å². The molecule has 1 saturated heterocycles. The number of nitrogens with one attached hydrogen (secondary N) is 1. The summed E-state index contributed by atoms with van der Waals surface area (Å²) < 4.78 is 51.0. The first-order valence-electron chi connectivity index (χ1n) is 10.3. The van der Waals surface area contributed by atoms with Crippen LogP contribution in [0.2, 0.25) is 0 Å². The van der Waals surface area contributed by atoms with Crippen LogP contribution >= 0.6 is 0 Å². The van der Waals surface area contributed by atoms with E-state index in [4.69, 9.17) is 9.47 Å². The lowest BCUT2D eigenvalue weighted by atomic mass is 9.67. The van der Waals surface area contributed by atoms with Crippen LogP contribution < -0.4 is 10.1 Å². The van der Waals surface area contributed by atoms with Crippen LogP contribution in [-0.4, -0.2) is 25.9 Å². The van der Waals surface area contributed by atoms with E-state index in [1.165, 1.54) is 12.1 Å². The van der Waals surface area contributed by atoms with Crippen LogP contribution in [-0.2, 0) is 22.9 Å². The molecule has 0 spiro atoms. The Morgan fingerprint density at radius 1 is 1.10 bits per heavy atom. The fourth-order valence-corrected chi connectivity index (χ4v) is 4.41. The van der Waals surface area contributed by atoms with Crippen LogP contribution in [0.15, 0.2) is 48.5 Å². The number of ether oxygens (including phenoxy) is 2. The Morgan fingerprint density at radius 3 is 2.47 bits per heavy atom. The smallest absolute Gasteiger partial charge is 0.416 e. The fraction of sp³-hybridized carbons (Fsp3) is 0.500. The zero-order valence-electron chi connectivity index (χ0n) is 17.8. The number of methoxy groups -OCH3 is 1. The van der Waals surface area contributed by atoms with E-state index in [0.717, 1.165) is 29.4 Å². The molecule has 1 heterocycles. The molecule has 0 saturated carbocycles. The lowest BCUT2D eigenvalue weighted by Crippen LogP contribution is -2.45. The molecule has 0 aliphatic carbocycles. The molecule has 1 atom stereocenters. The molecule has 0 amide bonds. The minimum absolute atomic E-state index is 0.351. The Kier molecular flexibility index (Phi) is 6.78. The summed E-state index contributed by atoms with van der Waals surface area (Å²) in [7, 11) is 1.63. The van der Waals surface area contributed by atoms with E-state index in [0.29, 0.717) is 32.5 Å². The standard InChI is InChI=1S/C24H30F3NO2/c1-22(2)17-23(12-14-30-22,19-5-4-6-20(15-19)24(25,26)27)11-13-28-16-18-7-9-21(29-3)10-8-18/h4-10,15,28H,11-14,16-17H2,1-3H3. The van der Waals surface area contributed by atoms with Crippen molar-refractivity contribution in [1.29, 1.82) is 0 Å². The summed E-state index contributed by atoms with van der Waals surface area (Å²) in [6.07, 6.45) is -2.20. The molecule has 3 rings (SSSR count). The van der Waals surface area contributed by atoms with Gasteiger partial charge in [0.25, 0.3) is 0 Å². The molecular weight excluding hydrogens is 391 g/mol. The van der Waals surface area contributed by atoms with E-state index < -0.39 is 11.7 Å². The maximum absolute atomic E-state index is 13.3. The van der Waals surface area contributed by atoms with Crippen LogP contribution in [0, 0.1) is 0 Å². The van der Waals surface area contributed by atoms with Gasteiger partial charge in [0.05, 0.1) is 18.3 Å². The van der Waals surface area contributed by atoms with Gasteiger partial charge in [-0.15, -0.1) is 0 Å². The van der Waals surface area contributed by atoms with Crippen molar-refractivity contribution in [3.05, 3.63) is 65.2 Å². The Balaban J connectivity index is 1.74. The molecule has 0 aromatic heterocycles. The average Bonchev–Trinajstić information content (AvgIpc) is 2.70. The van der Waals surface area contributed by atoms with Crippen molar-refractivity contribution in [2.45, 2.75) is 56.8 Å². The van der Waals surface area contributed by atoms with Crippen molar-refractivity contribution >= 4 is 0 Å². The third-order valence-electron chi connectivity index (χ3n) is 5.91. The van der Waals surface area contributed by atoms with Crippen molar-refractivity contribution < 1.29 is 22.6 Å². The van der Waals surface area contributed by atoms with Crippen molar-refractivity contribution in [3.63, 3.8) is 0 Å². The normalized spacial score (nSPS) is 21.4. The Labute approximate surface area is 176 Å². The van der Waals surface area contributed by atoms with E-state index in [1.54, 1.807) is 7.11 Å². The summed E-state index contributed by atoms with van der Waals surface area (Å²) >= 11 is 0. The first-order valence-corrected chi connectivity index (χ1v) is 10.3. The molecule has 1 N–H and O–H groups in total. The number of hydrogen-bond donors (Lipinski definition) is 1. The molecule has 3 nitrogen and oxygen atoms in total. The number of hydrogen-bond acceptors (Lipinski definition) is 3. The maximum atomic E-state index is 13.3. The summed E-state index contributed by atoms with van der Waals surface area (Å²) in [6, 6.07) is 13.7. The number of halogens is 3. The number of alkyl halides is 3. The van der Waals surface area contributed by atoms with E-state index in [1.807, 2.05) is 44.2 Å². The van der Waals surface area contributed by atoms with Crippen molar-refractivity contribution in [1.82, 2.24) is 5.32 Å².